The Morgan fingerprint density at radius 2 is 1.68 bits per heavy atom. The van der Waals surface area contributed by atoms with Crippen molar-refractivity contribution in [2.24, 2.45) is 0 Å². The predicted molar refractivity (Wildman–Crippen MR) is 99.4 cm³/mol. The Labute approximate surface area is 166 Å². The molecule has 0 radical (unpaired) electrons. The molecule has 1 heterocycles. The predicted octanol–water partition coefficient (Wildman–Crippen LogP) is 5.23. The van der Waals surface area contributed by atoms with E-state index in [1.807, 2.05) is 0 Å². The van der Waals surface area contributed by atoms with Crippen molar-refractivity contribution in [2.45, 2.75) is 18.2 Å². The number of sulfone groups is 1. The van der Waals surface area contributed by atoms with E-state index >= 15 is 0 Å². The van der Waals surface area contributed by atoms with Crippen LogP contribution >= 0.6 is 15.9 Å². The van der Waals surface area contributed by atoms with Crippen LogP contribution in [0.1, 0.15) is 17.7 Å². The number of aromatic nitrogens is 2. The van der Waals surface area contributed by atoms with Crippen LogP contribution in [0.15, 0.2) is 45.8 Å². The zero-order valence-electron chi connectivity index (χ0n) is 14.6. The molecular formula is C18H13BrF4N2O2S. The summed E-state index contributed by atoms with van der Waals surface area (Å²) in [4.78, 5) is -1.08. The molecule has 0 unspecified atom stereocenters. The average Bonchev–Trinajstić information content (AvgIpc) is 3.01. The maximum atomic E-state index is 14.3. The molecule has 10 heteroatoms. The van der Waals surface area contributed by atoms with E-state index in [2.05, 4.69) is 21.0 Å². The highest BCUT2D eigenvalue weighted by molar-refractivity contribution is 9.10. The third-order valence-corrected chi connectivity index (χ3v) is 6.03. The van der Waals surface area contributed by atoms with Gasteiger partial charge in [0.05, 0.1) is 11.4 Å². The van der Waals surface area contributed by atoms with Crippen LogP contribution in [0.25, 0.3) is 16.9 Å². The van der Waals surface area contributed by atoms with E-state index in [0.717, 1.165) is 32.9 Å². The summed E-state index contributed by atoms with van der Waals surface area (Å²) in [7, 11) is -4.15. The second-order valence-electron chi connectivity index (χ2n) is 6.14. The molecule has 0 aliphatic rings. The topological polar surface area (TPSA) is 52.0 Å². The van der Waals surface area contributed by atoms with Crippen molar-refractivity contribution in [3.8, 4) is 16.9 Å². The fraction of sp³-hybridized carbons (Fsp3) is 0.167. The fourth-order valence-electron chi connectivity index (χ4n) is 2.74. The number of hydrogen-bond acceptors (Lipinski definition) is 3. The lowest BCUT2D eigenvalue weighted by Gasteiger charge is -2.11. The molecule has 0 atom stereocenters. The van der Waals surface area contributed by atoms with Crippen LogP contribution in [0, 0.1) is 18.6 Å². The van der Waals surface area contributed by atoms with E-state index in [9.17, 15) is 26.0 Å². The molecule has 0 aliphatic carbocycles. The maximum absolute atomic E-state index is 14.3. The monoisotopic (exact) mass is 476 g/mol. The van der Waals surface area contributed by atoms with Crippen LogP contribution in [0.2, 0.25) is 0 Å². The Morgan fingerprint density at radius 1 is 1.07 bits per heavy atom. The van der Waals surface area contributed by atoms with Crippen LogP contribution in [0.3, 0.4) is 0 Å². The van der Waals surface area contributed by atoms with Crippen LogP contribution in [-0.4, -0.2) is 24.5 Å². The van der Waals surface area contributed by atoms with Crippen LogP contribution in [-0.2, 0) is 9.84 Å². The molecule has 0 saturated heterocycles. The minimum Gasteiger partial charge on any atom is -0.232 e. The number of nitrogens with zero attached hydrogens (tertiary/aromatic N) is 2. The molecule has 28 heavy (non-hydrogen) atoms. The van der Waals surface area contributed by atoms with Crippen molar-refractivity contribution in [3.63, 3.8) is 0 Å². The molecule has 0 N–H and O–H groups in total. The molecular weight excluding hydrogens is 464 g/mol. The second kappa shape index (κ2) is 7.32. The number of rotatable bonds is 4. The molecule has 0 aliphatic heterocycles. The average molecular weight is 477 g/mol. The third kappa shape index (κ3) is 3.83. The number of alkyl halides is 2. The molecule has 0 amide bonds. The highest BCUT2D eigenvalue weighted by Crippen LogP contribution is 2.32. The third-order valence-electron chi connectivity index (χ3n) is 4.00. The van der Waals surface area contributed by atoms with Crippen molar-refractivity contribution in [1.29, 1.82) is 0 Å². The van der Waals surface area contributed by atoms with E-state index in [0.29, 0.717) is 11.8 Å². The van der Waals surface area contributed by atoms with Gasteiger partial charge in [-0.25, -0.2) is 30.7 Å². The number of halogens is 5. The number of aryl methyl sites for hydroxylation is 1. The Bertz CT molecular complexity index is 1150. The second-order valence-corrected chi connectivity index (χ2v) is 8.95. The van der Waals surface area contributed by atoms with Gasteiger partial charge in [-0.05, 0) is 30.7 Å². The van der Waals surface area contributed by atoms with Gasteiger partial charge >= 0.3 is 0 Å². The maximum Gasteiger partial charge on any atom is 0.282 e. The van der Waals surface area contributed by atoms with Gasteiger partial charge in [0, 0.05) is 28.4 Å². The summed E-state index contributed by atoms with van der Waals surface area (Å²) in [6.45, 7) is 1.79. The van der Waals surface area contributed by atoms with E-state index in [1.54, 1.807) is 25.1 Å². The molecule has 3 rings (SSSR count). The zero-order chi connectivity index (χ0) is 20.8. The van der Waals surface area contributed by atoms with Gasteiger partial charge in [0.25, 0.3) is 6.43 Å². The summed E-state index contributed by atoms with van der Waals surface area (Å²) in [6.07, 6.45) is -2.23. The summed E-state index contributed by atoms with van der Waals surface area (Å²) in [6, 6.07) is 7.65. The van der Waals surface area contributed by atoms with Crippen molar-refractivity contribution in [2.75, 3.05) is 6.26 Å². The van der Waals surface area contributed by atoms with Crippen molar-refractivity contribution in [3.05, 3.63) is 63.8 Å². The summed E-state index contributed by atoms with van der Waals surface area (Å²) in [5.74, 6) is -2.66. The van der Waals surface area contributed by atoms with Crippen LogP contribution in [0.4, 0.5) is 17.6 Å². The quantitative estimate of drug-likeness (QED) is 0.484. The first-order valence-corrected chi connectivity index (χ1v) is 10.5. The fourth-order valence-corrected chi connectivity index (χ4v) is 3.81. The Kier molecular flexibility index (Phi) is 5.37. The molecule has 4 nitrogen and oxygen atoms in total. The highest BCUT2D eigenvalue weighted by atomic mass is 79.9. The standard InChI is InChI=1S/C18H13BrF4N2O2S/c1-9-5-10(3-4-12(9)19)16-8-15(18(22)23)24-25(16)11-6-13(20)17(14(21)7-11)28(2,26)27/h3-8,18H,1-2H3. The first kappa shape index (κ1) is 20.5. The summed E-state index contributed by atoms with van der Waals surface area (Å²) in [5.41, 5.74) is 0.687. The summed E-state index contributed by atoms with van der Waals surface area (Å²) in [5, 5.41) is 3.75. The lowest BCUT2D eigenvalue weighted by atomic mass is 10.1. The highest BCUT2D eigenvalue weighted by Gasteiger charge is 2.24. The molecule has 3 aromatic rings. The van der Waals surface area contributed by atoms with Gasteiger partial charge in [0.2, 0.25) is 0 Å². The minimum absolute atomic E-state index is 0.178. The van der Waals surface area contributed by atoms with Gasteiger partial charge in [-0.2, -0.15) is 5.10 Å². The molecule has 148 valence electrons. The van der Waals surface area contributed by atoms with E-state index < -0.39 is 38.5 Å². The Balaban J connectivity index is 2.26. The summed E-state index contributed by atoms with van der Waals surface area (Å²) >= 11 is 3.34. The van der Waals surface area contributed by atoms with Crippen LogP contribution in [0.5, 0.6) is 0 Å². The van der Waals surface area contributed by atoms with Gasteiger partial charge in [-0.3, -0.25) is 0 Å². The number of hydrogen-bond donors (Lipinski definition) is 0. The van der Waals surface area contributed by atoms with Gasteiger partial charge in [0.15, 0.2) is 9.84 Å². The molecule has 0 saturated carbocycles. The van der Waals surface area contributed by atoms with Crippen molar-refractivity contribution in [1.82, 2.24) is 9.78 Å². The molecule has 1 aromatic heterocycles. The van der Waals surface area contributed by atoms with E-state index in [1.165, 1.54) is 0 Å². The van der Waals surface area contributed by atoms with Crippen molar-refractivity contribution < 1.29 is 26.0 Å². The first-order chi connectivity index (χ1) is 13.0. The largest absolute Gasteiger partial charge is 0.282 e. The number of benzene rings is 2. The summed E-state index contributed by atoms with van der Waals surface area (Å²) < 4.78 is 79.9. The van der Waals surface area contributed by atoms with Gasteiger partial charge in [-0.1, -0.05) is 22.0 Å². The molecule has 2 aromatic carbocycles. The lowest BCUT2D eigenvalue weighted by molar-refractivity contribution is 0.145. The Morgan fingerprint density at radius 3 is 2.18 bits per heavy atom. The van der Waals surface area contributed by atoms with Crippen LogP contribution < -0.4 is 0 Å². The molecule has 0 fully saturated rings. The Hall–Kier alpha value is -2.20. The minimum atomic E-state index is -4.15. The van der Waals surface area contributed by atoms with Gasteiger partial charge < -0.3 is 0 Å². The molecule has 0 bridgehead atoms. The SMILES string of the molecule is Cc1cc(-c2cc(C(F)F)nn2-c2cc(F)c(S(C)(=O)=O)c(F)c2)ccc1Br. The van der Waals surface area contributed by atoms with Crippen molar-refractivity contribution >= 4 is 25.8 Å². The zero-order valence-corrected chi connectivity index (χ0v) is 17.0. The smallest absolute Gasteiger partial charge is 0.232 e. The van der Waals surface area contributed by atoms with Gasteiger partial charge in [-0.15, -0.1) is 0 Å². The normalized spacial score (nSPS) is 12.0. The first-order valence-electron chi connectivity index (χ1n) is 7.83. The molecule has 0 spiro atoms. The van der Waals surface area contributed by atoms with E-state index in [-0.39, 0.29) is 11.4 Å². The lowest BCUT2D eigenvalue weighted by Crippen LogP contribution is -2.08. The van der Waals surface area contributed by atoms with Gasteiger partial charge in [0.1, 0.15) is 22.2 Å². The van der Waals surface area contributed by atoms with E-state index in [4.69, 9.17) is 0 Å².